The zero-order valence-electron chi connectivity index (χ0n) is 14.7. The van der Waals surface area contributed by atoms with Gasteiger partial charge in [-0.25, -0.2) is 9.18 Å². The third-order valence-corrected chi connectivity index (χ3v) is 3.35. The second kappa shape index (κ2) is 8.25. The molecule has 0 saturated carbocycles. The Hall–Kier alpha value is -3.21. The third-order valence-electron chi connectivity index (χ3n) is 3.35. The van der Waals surface area contributed by atoms with Crippen LogP contribution in [0.2, 0.25) is 0 Å². The van der Waals surface area contributed by atoms with Gasteiger partial charge in [-0.3, -0.25) is 4.79 Å². The second-order valence-electron chi connectivity index (χ2n) is 5.95. The number of hydrogen-bond acceptors (Lipinski definition) is 4. The van der Waals surface area contributed by atoms with E-state index in [-0.39, 0.29) is 12.2 Å². The molecule has 0 aliphatic rings. The highest BCUT2D eigenvalue weighted by atomic mass is 19.1. The predicted molar refractivity (Wildman–Crippen MR) is 97.4 cm³/mol. The molecule has 2 aromatic carbocycles. The first-order valence-electron chi connectivity index (χ1n) is 7.89. The van der Waals surface area contributed by atoms with Crippen LogP contribution in [0.3, 0.4) is 0 Å². The summed E-state index contributed by atoms with van der Waals surface area (Å²) in [4.78, 5) is 23.1. The zero-order chi connectivity index (χ0) is 19.3. The van der Waals surface area contributed by atoms with Crippen molar-refractivity contribution in [1.29, 1.82) is 0 Å². The summed E-state index contributed by atoms with van der Waals surface area (Å²) >= 11 is 0. The largest absolute Gasteiger partial charge is 0.423 e. The van der Waals surface area contributed by atoms with E-state index in [4.69, 9.17) is 9.47 Å². The van der Waals surface area contributed by atoms with E-state index in [0.717, 1.165) is 5.56 Å². The average molecular weight is 354 g/mol. The number of ether oxygens (including phenoxy) is 2. The van der Waals surface area contributed by atoms with Gasteiger partial charge in [0.15, 0.2) is 11.6 Å². The lowest BCUT2D eigenvalue weighted by Crippen LogP contribution is -2.09. The highest BCUT2D eigenvalue weighted by molar-refractivity contribution is 5.88. The van der Waals surface area contributed by atoms with E-state index in [0.29, 0.717) is 22.5 Å². The van der Waals surface area contributed by atoms with Gasteiger partial charge in [-0.2, -0.15) is 0 Å². The normalized spacial score (nSPS) is 10.1. The molecular weight excluding hydrogens is 335 g/mol. The van der Waals surface area contributed by atoms with E-state index < -0.39 is 17.8 Å². The zero-order valence-corrected chi connectivity index (χ0v) is 14.7. The van der Waals surface area contributed by atoms with Crippen molar-refractivity contribution in [1.82, 2.24) is 0 Å². The molecule has 2 rings (SSSR count). The summed E-state index contributed by atoms with van der Waals surface area (Å²) in [5, 5.41) is 0. The molecule has 0 aromatic heterocycles. The molecule has 0 spiro atoms. The van der Waals surface area contributed by atoms with Crippen LogP contribution in [0.5, 0.6) is 11.5 Å². The van der Waals surface area contributed by atoms with Crippen LogP contribution in [-0.2, 0) is 9.59 Å². The fourth-order valence-corrected chi connectivity index (χ4v) is 2.08. The van der Waals surface area contributed by atoms with Gasteiger partial charge in [0.05, 0.1) is 6.42 Å². The Morgan fingerprint density at radius 2 is 1.58 bits per heavy atom. The van der Waals surface area contributed by atoms with Crippen molar-refractivity contribution >= 4 is 11.9 Å². The van der Waals surface area contributed by atoms with E-state index >= 15 is 0 Å². The average Bonchev–Trinajstić information content (AvgIpc) is 2.56. The molecule has 0 heterocycles. The number of hydrogen-bond donors (Lipinski definition) is 0. The highest BCUT2D eigenvalue weighted by Gasteiger charge is 2.12. The van der Waals surface area contributed by atoms with Crippen LogP contribution >= 0.6 is 0 Å². The first kappa shape index (κ1) is 19.1. The number of carbonyl (C=O) groups is 2. The van der Waals surface area contributed by atoms with Gasteiger partial charge in [-0.15, -0.1) is 0 Å². The molecule has 0 N–H and O–H groups in total. The highest BCUT2D eigenvalue weighted by Crippen LogP contribution is 2.27. The maximum Gasteiger partial charge on any atom is 0.338 e. The monoisotopic (exact) mass is 354 g/mol. The Kier molecular flexibility index (Phi) is 6.07. The quantitative estimate of drug-likeness (QED) is 0.322. The van der Waals surface area contributed by atoms with Crippen molar-refractivity contribution < 1.29 is 23.5 Å². The molecule has 0 unspecified atom stereocenters. The van der Waals surface area contributed by atoms with E-state index in [2.05, 4.69) is 13.2 Å². The molecule has 134 valence electrons. The summed E-state index contributed by atoms with van der Waals surface area (Å²) in [6, 6.07) is 10.9. The molecule has 5 heteroatoms. The first-order chi connectivity index (χ1) is 12.3. The Morgan fingerprint density at radius 3 is 2.12 bits per heavy atom. The number of halogens is 1. The van der Waals surface area contributed by atoms with Gasteiger partial charge in [0.25, 0.3) is 0 Å². The van der Waals surface area contributed by atoms with Crippen molar-refractivity contribution in [2.75, 3.05) is 0 Å². The minimum atomic E-state index is -0.643. The fourth-order valence-electron chi connectivity index (χ4n) is 2.08. The SMILES string of the molecule is C=C(C)CC(=O)Oc1ccc(-c2ccc(OC(=O)C(=C)C)cc2)cc1F. The molecule has 0 saturated heterocycles. The Labute approximate surface area is 151 Å². The standard InChI is InChI=1S/C21H19FO4/c1-13(2)11-20(23)26-19-10-7-16(12-18(19)22)15-5-8-17(9-6-15)25-21(24)14(3)4/h5-10,12H,1,3,11H2,2,4H3. The molecule has 0 fully saturated rings. The van der Waals surface area contributed by atoms with Gasteiger partial charge >= 0.3 is 11.9 Å². The molecule has 0 atom stereocenters. The number of benzene rings is 2. The van der Waals surface area contributed by atoms with Gasteiger partial charge in [-0.05, 0) is 49.2 Å². The van der Waals surface area contributed by atoms with Gasteiger partial charge in [0.1, 0.15) is 5.75 Å². The number of rotatable bonds is 6. The smallest absolute Gasteiger partial charge is 0.338 e. The van der Waals surface area contributed by atoms with Crippen LogP contribution in [0, 0.1) is 5.82 Å². The summed E-state index contributed by atoms with van der Waals surface area (Å²) in [6.45, 7) is 10.4. The van der Waals surface area contributed by atoms with Crippen molar-refractivity contribution in [3.63, 3.8) is 0 Å². The van der Waals surface area contributed by atoms with Gasteiger partial charge in [-0.1, -0.05) is 36.9 Å². The van der Waals surface area contributed by atoms with Crippen LogP contribution in [0.1, 0.15) is 20.3 Å². The Balaban J connectivity index is 2.13. The third kappa shape index (κ3) is 5.14. The molecule has 0 aliphatic heterocycles. The van der Waals surface area contributed by atoms with Crippen LogP contribution < -0.4 is 9.47 Å². The van der Waals surface area contributed by atoms with Crippen LogP contribution in [0.25, 0.3) is 11.1 Å². The predicted octanol–water partition coefficient (Wildman–Crippen LogP) is 4.85. The summed E-state index contributed by atoms with van der Waals surface area (Å²) < 4.78 is 24.3. The minimum absolute atomic E-state index is 0.0333. The van der Waals surface area contributed by atoms with Crippen molar-refractivity contribution in [3.05, 3.63) is 72.6 Å². The lowest BCUT2D eigenvalue weighted by molar-refractivity contribution is -0.134. The van der Waals surface area contributed by atoms with Crippen molar-refractivity contribution in [2.24, 2.45) is 0 Å². The van der Waals surface area contributed by atoms with Crippen LogP contribution in [0.4, 0.5) is 4.39 Å². The summed E-state index contributed by atoms with van der Waals surface area (Å²) in [7, 11) is 0. The fraction of sp³-hybridized carbons (Fsp3) is 0.143. The van der Waals surface area contributed by atoms with Crippen LogP contribution in [0.15, 0.2) is 66.8 Å². The van der Waals surface area contributed by atoms with E-state index in [9.17, 15) is 14.0 Å². The van der Waals surface area contributed by atoms with Crippen molar-refractivity contribution in [2.45, 2.75) is 20.3 Å². The molecule has 0 amide bonds. The Morgan fingerprint density at radius 1 is 0.962 bits per heavy atom. The first-order valence-corrected chi connectivity index (χ1v) is 7.89. The van der Waals surface area contributed by atoms with Crippen LogP contribution in [-0.4, -0.2) is 11.9 Å². The molecule has 0 radical (unpaired) electrons. The van der Waals surface area contributed by atoms with E-state index in [1.165, 1.54) is 12.1 Å². The topological polar surface area (TPSA) is 52.6 Å². The van der Waals surface area contributed by atoms with Gasteiger partial charge in [0.2, 0.25) is 0 Å². The summed E-state index contributed by atoms with van der Waals surface area (Å²) in [5.41, 5.74) is 2.26. The van der Waals surface area contributed by atoms with Crippen molar-refractivity contribution in [3.8, 4) is 22.6 Å². The second-order valence-corrected chi connectivity index (χ2v) is 5.95. The number of carbonyl (C=O) groups excluding carboxylic acids is 2. The maximum atomic E-state index is 14.2. The molecule has 2 aromatic rings. The van der Waals surface area contributed by atoms with Gasteiger partial charge < -0.3 is 9.47 Å². The Bertz CT molecular complexity index is 866. The number of esters is 2. The van der Waals surface area contributed by atoms with E-state index in [1.54, 1.807) is 44.2 Å². The van der Waals surface area contributed by atoms with E-state index in [1.807, 2.05) is 0 Å². The summed E-state index contributed by atoms with van der Waals surface area (Å²) in [6.07, 6.45) is 0.0333. The van der Waals surface area contributed by atoms with Gasteiger partial charge in [0, 0.05) is 5.57 Å². The minimum Gasteiger partial charge on any atom is -0.423 e. The molecule has 0 aliphatic carbocycles. The summed E-state index contributed by atoms with van der Waals surface area (Å²) in [5.74, 6) is -1.48. The molecule has 26 heavy (non-hydrogen) atoms. The maximum absolute atomic E-state index is 14.2. The lowest BCUT2D eigenvalue weighted by atomic mass is 10.1. The molecule has 0 bridgehead atoms. The lowest BCUT2D eigenvalue weighted by Gasteiger charge is -2.09. The molecular formula is C21H19FO4. The molecule has 4 nitrogen and oxygen atoms in total.